The van der Waals surface area contributed by atoms with Crippen molar-refractivity contribution < 1.29 is 4.74 Å². The van der Waals surface area contributed by atoms with E-state index in [4.69, 9.17) is 4.74 Å². The summed E-state index contributed by atoms with van der Waals surface area (Å²) in [6.07, 6.45) is 2.64. The molecule has 1 N–H and O–H groups in total. The summed E-state index contributed by atoms with van der Waals surface area (Å²) in [5.41, 5.74) is 3.92. The minimum absolute atomic E-state index is 0.436. The van der Waals surface area contributed by atoms with E-state index in [2.05, 4.69) is 32.7 Å². The normalized spacial score (nSPS) is 17.0. The first-order valence-electron chi connectivity index (χ1n) is 7.42. The van der Waals surface area contributed by atoms with Crippen molar-refractivity contribution in [3.8, 4) is 5.75 Å². The summed E-state index contributed by atoms with van der Waals surface area (Å²) in [5, 5.41) is 15.8. The van der Waals surface area contributed by atoms with Crippen molar-refractivity contribution in [1.82, 2.24) is 19.8 Å². The number of aromatic nitrogens is 4. The first kappa shape index (κ1) is 13.1. The summed E-state index contributed by atoms with van der Waals surface area (Å²) in [6, 6.07) is 10.2. The number of benzene rings is 1. The topological polar surface area (TPSA) is 64.3 Å². The van der Waals surface area contributed by atoms with E-state index in [-0.39, 0.29) is 0 Å². The smallest absolute Gasteiger partial charge is 0.200 e. The summed E-state index contributed by atoms with van der Waals surface area (Å²) < 4.78 is 7.53. The first-order valence-corrected chi connectivity index (χ1v) is 7.42. The minimum atomic E-state index is 0.436. The molecule has 0 amide bonds. The second-order valence-corrected chi connectivity index (χ2v) is 5.67. The fourth-order valence-corrected chi connectivity index (χ4v) is 2.86. The molecule has 6 nitrogen and oxygen atoms in total. The summed E-state index contributed by atoms with van der Waals surface area (Å²) in [4.78, 5) is 0. The molecule has 0 radical (unpaired) electrons. The number of para-hydroxylation sites is 1. The molecule has 1 atom stereocenters. The van der Waals surface area contributed by atoms with Gasteiger partial charge in [-0.1, -0.05) is 18.2 Å². The number of anilines is 1. The van der Waals surface area contributed by atoms with Gasteiger partial charge >= 0.3 is 0 Å². The van der Waals surface area contributed by atoms with Crippen LogP contribution in [0, 0.1) is 12.8 Å². The Hall–Kier alpha value is -2.63. The van der Waals surface area contributed by atoms with Crippen LogP contribution < -0.4 is 10.1 Å². The lowest BCUT2D eigenvalue weighted by atomic mass is 9.97. The van der Waals surface area contributed by atoms with Crippen molar-refractivity contribution >= 4 is 11.3 Å². The van der Waals surface area contributed by atoms with Crippen LogP contribution in [0.2, 0.25) is 0 Å². The lowest BCUT2D eigenvalue weighted by Gasteiger charge is -2.25. The molecule has 0 spiro atoms. The van der Waals surface area contributed by atoms with Gasteiger partial charge in [-0.15, -0.1) is 10.2 Å². The van der Waals surface area contributed by atoms with Crippen LogP contribution in [0.5, 0.6) is 5.75 Å². The molecule has 0 saturated carbocycles. The predicted molar refractivity (Wildman–Crippen MR) is 83.1 cm³/mol. The van der Waals surface area contributed by atoms with Gasteiger partial charge in [-0.3, -0.25) is 0 Å². The standard InChI is InChI=1S/C16H17N5O/c1-11-6-14(16-19-18-10-21(16)20-11)17-8-12-7-13-4-2-3-5-15(13)22-9-12/h2-6,10,12,17H,7-9H2,1H3. The van der Waals surface area contributed by atoms with Crippen LogP contribution in [0.4, 0.5) is 5.69 Å². The maximum atomic E-state index is 5.84. The number of fused-ring (bicyclic) bond motifs is 2. The van der Waals surface area contributed by atoms with Crippen molar-refractivity contribution in [3.05, 3.63) is 47.9 Å². The Balaban J connectivity index is 1.50. The zero-order chi connectivity index (χ0) is 14.9. The maximum absolute atomic E-state index is 5.84. The average Bonchev–Trinajstić information content (AvgIpc) is 3.00. The molecule has 1 aromatic carbocycles. The van der Waals surface area contributed by atoms with Crippen LogP contribution in [0.1, 0.15) is 11.3 Å². The number of aryl methyl sites for hydroxylation is 1. The summed E-state index contributed by atoms with van der Waals surface area (Å²) >= 11 is 0. The highest BCUT2D eigenvalue weighted by atomic mass is 16.5. The van der Waals surface area contributed by atoms with Crippen molar-refractivity contribution in [2.45, 2.75) is 13.3 Å². The van der Waals surface area contributed by atoms with Crippen LogP contribution in [0.25, 0.3) is 5.65 Å². The zero-order valence-electron chi connectivity index (χ0n) is 12.4. The van der Waals surface area contributed by atoms with E-state index in [1.807, 2.05) is 25.1 Å². The van der Waals surface area contributed by atoms with Gasteiger partial charge in [0.05, 0.1) is 18.0 Å². The van der Waals surface area contributed by atoms with Crippen LogP contribution in [-0.4, -0.2) is 33.0 Å². The predicted octanol–water partition coefficient (Wildman–Crippen LogP) is 2.10. The Morgan fingerprint density at radius 3 is 3.23 bits per heavy atom. The second-order valence-electron chi connectivity index (χ2n) is 5.67. The van der Waals surface area contributed by atoms with Crippen molar-refractivity contribution in [2.24, 2.45) is 5.92 Å². The fraction of sp³-hybridized carbons (Fsp3) is 0.312. The molecule has 0 fully saturated rings. The Morgan fingerprint density at radius 2 is 2.27 bits per heavy atom. The summed E-state index contributed by atoms with van der Waals surface area (Å²) in [7, 11) is 0. The van der Waals surface area contributed by atoms with Gasteiger partial charge in [0.1, 0.15) is 12.1 Å². The maximum Gasteiger partial charge on any atom is 0.200 e. The van der Waals surface area contributed by atoms with Crippen LogP contribution in [0.15, 0.2) is 36.7 Å². The Labute approximate surface area is 128 Å². The number of ether oxygens (including phenoxy) is 1. The second kappa shape index (κ2) is 5.29. The molecule has 4 rings (SSSR count). The Kier molecular flexibility index (Phi) is 3.14. The molecule has 1 unspecified atom stereocenters. The largest absolute Gasteiger partial charge is 0.493 e. The highest BCUT2D eigenvalue weighted by molar-refractivity contribution is 5.66. The number of nitrogens with zero attached hydrogens (tertiary/aromatic N) is 4. The van der Waals surface area contributed by atoms with Gasteiger partial charge in [0.25, 0.3) is 0 Å². The molecule has 0 bridgehead atoms. The molecule has 0 aliphatic carbocycles. The van der Waals surface area contributed by atoms with Crippen LogP contribution >= 0.6 is 0 Å². The molecule has 1 aliphatic rings. The van der Waals surface area contributed by atoms with Gasteiger partial charge in [-0.05, 0) is 31.0 Å². The molecule has 6 heteroatoms. The van der Waals surface area contributed by atoms with Gasteiger partial charge in [0.15, 0.2) is 0 Å². The monoisotopic (exact) mass is 295 g/mol. The van der Waals surface area contributed by atoms with Crippen molar-refractivity contribution in [2.75, 3.05) is 18.5 Å². The van der Waals surface area contributed by atoms with E-state index in [9.17, 15) is 0 Å². The number of rotatable bonds is 3. The molecule has 3 heterocycles. The molecule has 22 heavy (non-hydrogen) atoms. The van der Waals surface area contributed by atoms with E-state index in [0.29, 0.717) is 5.92 Å². The highest BCUT2D eigenvalue weighted by Gasteiger charge is 2.19. The SMILES string of the molecule is Cc1cc(NCC2COc3ccccc3C2)c2nncn2n1. The molecule has 112 valence electrons. The summed E-state index contributed by atoms with van der Waals surface area (Å²) in [6.45, 7) is 3.53. The highest BCUT2D eigenvalue weighted by Crippen LogP contribution is 2.27. The van der Waals surface area contributed by atoms with Crippen molar-refractivity contribution in [1.29, 1.82) is 0 Å². The van der Waals surface area contributed by atoms with Crippen LogP contribution in [-0.2, 0) is 6.42 Å². The number of hydrogen-bond acceptors (Lipinski definition) is 5. The molecular weight excluding hydrogens is 278 g/mol. The third-order valence-electron chi connectivity index (χ3n) is 3.93. The van der Waals surface area contributed by atoms with Gasteiger partial charge in [0, 0.05) is 12.5 Å². The van der Waals surface area contributed by atoms with E-state index < -0.39 is 0 Å². The van der Waals surface area contributed by atoms with Gasteiger partial charge in [0.2, 0.25) is 5.65 Å². The molecule has 3 aromatic rings. The molecule has 2 aromatic heterocycles. The quantitative estimate of drug-likeness (QED) is 0.801. The lowest BCUT2D eigenvalue weighted by Crippen LogP contribution is -2.27. The first-order chi connectivity index (χ1) is 10.8. The third kappa shape index (κ3) is 2.36. The molecular formula is C16H17N5O. The lowest BCUT2D eigenvalue weighted by molar-refractivity contribution is 0.229. The fourth-order valence-electron chi connectivity index (χ4n) is 2.86. The molecule has 1 aliphatic heterocycles. The zero-order valence-corrected chi connectivity index (χ0v) is 12.4. The van der Waals surface area contributed by atoms with E-state index in [0.717, 1.165) is 42.4 Å². The average molecular weight is 295 g/mol. The van der Waals surface area contributed by atoms with Gasteiger partial charge < -0.3 is 10.1 Å². The van der Waals surface area contributed by atoms with Crippen molar-refractivity contribution in [3.63, 3.8) is 0 Å². The summed E-state index contributed by atoms with van der Waals surface area (Å²) in [5.74, 6) is 1.45. The van der Waals surface area contributed by atoms with Crippen LogP contribution in [0.3, 0.4) is 0 Å². The Morgan fingerprint density at radius 1 is 1.36 bits per heavy atom. The Bertz CT molecular complexity index is 813. The van der Waals surface area contributed by atoms with E-state index in [1.54, 1.807) is 10.8 Å². The van der Waals surface area contributed by atoms with E-state index >= 15 is 0 Å². The number of hydrogen-bond donors (Lipinski definition) is 1. The minimum Gasteiger partial charge on any atom is -0.493 e. The third-order valence-corrected chi connectivity index (χ3v) is 3.93. The van der Waals surface area contributed by atoms with Gasteiger partial charge in [-0.25, -0.2) is 0 Å². The van der Waals surface area contributed by atoms with E-state index in [1.165, 1.54) is 5.56 Å². The molecule has 0 saturated heterocycles. The van der Waals surface area contributed by atoms with Gasteiger partial charge in [-0.2, -0.15) is 9.61 Å². The number of nitrogens with one attached hydrogen (secondary N) is 1.